The molecule has 0 fully saturated rings. The van der Waals surface area contributed by atoms with E-state index in [0.29, 0.717) is 29.4 Å². The highest BCUT2D eigenvalue weighted by Gasteiger charge is 2.10. The molecule has 0 aliphatic carbocycles. The van der Waals surface area contributed by atoms with Crippen LogP contribution in [-0.2, 0) is 11.3 Å². The number of benzene rings is 2. The number of amides is 1. The number of hydrogen-bond donors (Lipinski definition) is 1. The first-order valence-corrected chi connectivity index (χ1v) is 9.79. The Morgan fingerprint density at radius 1 is 1.10 bits per heavy atom. The molecule has 1 aromatic heterocycles. The summed E-state index contributed by atoms with van der Waals surface area (Å²) in [5.41, 5.74) is 1.42. The third kappa shape index (κ3) is 5.62. The van der Waals surface area contributed by atoms with E-state index in [2.05, 4.69) is 21.2 Å². The number of furan rings is 1. The Kier molecular flexibility index (Phi) is 6.93. The molecular weight excluding hydrogens is 436 g/mol. The van der Waals surface area contributed by atoms with E-state index in [4.69, 9.17) is 19.2 Å². The molecule has 0 aliphatic heterocycles. The van der Waals surface area contributed by atoms with E-state index in [0.717, 1.165) is 15.8 Å². The Labute approximate surface area is 177 Å². The zero-order valence-electron chi connectivity index (χ0n) is 15.8. The van der Waals surface area contributed by atoms with E-state index in [1.165, 1.54) is 0 Å². The highest BCUT2D eigenvalue weighted by Crippen LogP contribution is 2.28. The van der Waals surface area contributed by atoms with Gasteiger partial charge in [0, 0.05) is 16.1 Å². The number of hydrogen-bond acceptors (Lipinski definition) is 5. The number of halogens is 1. The van der Waals surface area contributed by atoms with E-state index in [-0.39, 0.29) is 19.1 Å². The van der Waals surface area contributed by atoms with Crippen LogP contribution in [0, 0.1) is 11.3 Å². The van der Waals surface area contributed by atoms with Crippen molar-refractivity contribution in [3.63, 3.8) is 0 Å². The monoisotopic (exact) mass is 454 g/mol. The summed E-state index contributed by atoms with van der Waals surface area (Å²) >= 11 is 3.40. The average molecular weight is 455 g/mol. The lowest BCUT2D eigenvalue weighted by Gasteiger charge is -2.12. The quantitative estimate of drug-likeness (QED) is 0.534. The van der Waals surface area contributed by atoms with Crippen LogP contribution in [0.25, 0.3) is 11.3 Å². The first-order chi connectivity index (χ1) is 14.1. The van der Waals surface area contributed by atoms with Crippen molar-refractivity contribution in [2.24, 2.45) is 0 Å². The number of nitriles is 1. The van der Waals surface area contributed by atoms with Gasteiger partial charge < -0.3 is 19.2 Å². The van der Waals surface area contributed by atoms with E-state index < -0.39 is 0 Å². The molecule has 1 amide bonds. The Balaban J connectivity index is 1.53. The summed E-state index contributed by atoms with van der Waals surface area (Å²) in [5.74, 6) is 1.93. The lowest BCUT2D eigenvalue weighted by molar-refractivity contribution is -0.123. The first-order valence-electron chi connectivity index (χ1n) is 9.00. The molecule has 1 heterocycles. The maximum Gasteiger partial charge on any atom is 0.258 e. The number of carbonyl (C=O) groups is 1. The van der Waals surface area contributed by atoms with Gasteiger partial charge in [0.2, 0.25) is 0 Å². The molecule has 3 rings (SSSR count). The molecule has 0 saturated carbocycles. The van der Waals surface area contributed by atoms with Crippen molar-refractivity contribution < 1.29 is 18.7 Å². The largest absolute Gasteiger partial charge is 0.490 e. The van der Waals surface area contributed by atoms with Gasteiger partial charge in [-0.2, -0.15) is 5.26 Å². The summed E-state index contributed by atoms with van der Waals surface area (Å²) in [6.07, 6.45) is 0. The molecular formula is C22H19BrN2O4. The molecule has 0 aliphatic rings. The van der Waals surface area contributed by atoms with E-state index in [9.17, 15) is 4.79 Å². The number of nitrogens with zero attached hydrogens (tertiary/aromatic N) is 1. The second kappa shape index (κ2) is 9.80. The normalized spacial score (nSPS) is 10.2. The summed E-state index contributed by atoms with van der Waals surface area (Å²) < 4.78 is 17.8. The minimum absolute atomic E-state index is 0.174. The molecule has 1 N–H and O–H groups in total. The van der Waals surface area contributed by atoms with Gasteiger partial charge in [-0.1, -0.05) is 28.1 Å². The number of carbonyl (C=O) groups excluding carboxylic acids is 1. The molecule has 2 aromatic carbocycles. The van der Waals surface area contributed by atoms with Crippen molar-refractivity contribution >= 4 is 21.8 Å². The lowest BCUT2D eigenvalue weighted by atomic mass is 10.2. The minimum atomic E-state index is -0.293. The third-order valence-corrected chi connectivity index (χ3v) is 4.51. The van der Waals surface area contributed by atoms with Crippen LogP contribution in [0.1, 0.15) is 18.2 Å². The van der Waals surface area contributed by atoms with Crippen molar-refractivity contribution in [3.05, 3.63) is 70.4 Å². The van der Waals surface area contributed by atoms with Gasteiger partial charge in [-0.25, -0.2) is 0 Å². The topological polar surface area (TPSA) is 84.5 Å². The van der Waals surface area contributed by atoms with Gasteiger partial charge in [-0.3, -0.25) is 4.79 Å². The summed E-state index contributed by atoms with van der Waals surface area (Å²) in [7, 11) is 0. The maximum atomic E-state index is 12.1. The fourth-order valence-corrected chi connectivity index (χ4v) is 2.85. The number of rotatable bonds is 8. The number of ether oxygens (including phenoxy) is 2. The predicted molar refractivity (Wildman–Crippen MR) is 112 cm³/mol. The Bertz CT molecular complexity index is 1020. The maximum absolute atomic E-state index is 12.1. The summed E-state index contributed by atoms with van der Waals surface area (Å²) in [6.45, 7) is 2.34. The second-order valence-corrected chi connectivity index (χ2v) is 6.96. The zero-order valence-corrected chi connectivity index (χ0v) is 17.4. The van der Waals surface area contributed by atoms with Gasteiger partial charge in [-0.15, -0.1) is 0 Å². The van der Waals surface area contributed by atoms with Crippen LogP contribution in [0.2, 0.25) is 0 Å². The van der Waals surface area contributed by atoms with Crippen molar-refractivity contribution in [2.75, 3.05) is 13.2 Å². The minimum Gasteiger partial charge on any atom is -0.490 e. The Morgan fingerprint density at radius 2 is 1.90 bits per heavy atom. The van der Waals surface area contributed by atoms with Crippen LogP contribution in [0.3, 0.4) is 0 Å². The van der Waals surface area contributed by atoms with Crippen molar-refractivity contribution in [1.82, 2.24) is 5.32 Å². The van der Waals surface area contributed by atoms with Gasteiger partial charge in [0.05, 0.1) is 24.8 Å². The van der Waals surface area contributed by atoms with Crippen LogP contribution in [0.5, 0.6) is 11.5 Å². The molecule has 6 nitrogen and oxygen atoms in total. The van der Waals surface area contributed by atoms with Gasteiger partial charge >= 0.3 is 0 Å². The van der Waals surface area contributed by atoms with E-state index in [1.54, 1.807) is 18.2 Å². The van der Waals surface area contributed by atoms with Crippen molar-refractivity contribution in [1.29, 1.82) is 5.26 Å². The summed E-state index contributed by atoms with van der Waals surface area (Å²) in [6, 6.07) is 18.3. The van der Waals surface area contributed by atoms with Crippen LogP contribution in [0.4, 0.5) is 0 Å². The van der Waals surface area contributed by atoms with Crippen LogP contribution in [-0.4, -0.2) is 19.1 Å². The summed E-state index contributed by atoms with van der Waals surface area (Å²) in [4.78, 5) is 12.1. The SMILES string of the molecule is CCOc1cc(C#N)ccc1OCC(=O)NCc1ccc(-c2ccc(Br)cc2)o1. The van der Waals surface area contributed by atoms with E-state index >= 15 is 0 Å². The standard InChI is InChI=1S/C22H19BrN2O4/c1-2-27-21-11-15(12-24)3-9-20(21)28-14-22(26)25-13-18-8-10-19(29-18)16-4-6-17(23)7-5-16/h3-11H,2,13-14H2,1H3,(H,25,26). The second-order valence-electron chi connectivity index (χ2n) is 6.04. The molecule has 0 atom stereocenters. The first kappa shape index (κ1) is 20.5. The Hall–Kier alpha value is -3.24. The zero-order chi connectivity index (χ0) is 20.6. The number of nitrogens with one attached hydrogen (secondary N) is 1. The average Bonchev–Trinajstić information content (AvgIpc) is 3.21. The van der Waals surface area contributed by atoms with Gasteiger partial charge in [0.15, 0.2) is 18.1 Å². The molecule has 7 heteroatoms. The molecule has 3 aromatic rings. The van der Waals surface area contributed by atoms with Crippen molar-refractivity contribution in [2.45, 2.75) is 13.5 Å². The molecule has 29 heavy (non-hydrogen) atoms. The predicted octanol–water partition coefficient (Wildman–Crippen LogP) is 4.67. The Morgan fingerprint density at radius 3 is 2.62 bits per heavy atom. The fourth-order valence-electron chi connectivity index (χ4n) is 2.59. The highest BCUT2D eigenvalue weighted by atomic mass is 79.9. The lowest BCUT2D eigenvalue weighted by Crippen LogP contribution is -2.28. The molecule has 0 saturated heterocycles. The molecule has 148 valence electrons. The fraction of sp³-hybridized carbons (Fsp3) is 0.182. The molecule has 0 spiro atoms. The smallest absolute Gasteiger partial charge is 0.258 e. The van der Waals surface area contributed by atoms with Crippen LogP contribution >= 0.6 is 15.9 Å². The summed E-state index contributed by atoms with van der Waals surface area (Å²) in [5, 5.41) is 11.7. The molecule has 0 bridgehead atoms. The highest BCUT2D eigenvalue weighted by molar-refractivity contribution is 9.10. The van der Waals surface area contributed by atoms with Crippen LogP contribution in [0.15, 0.2) is 63.5 Å². The van der Waals surface area contributed by atoms with Crippen LogP contribution < -0.4 is 14.8 Å². The molecule has 0 radical (unpaired) electrons. The third-order valence-electron chi connectivity index (χ3n) is 3.98. The van der Waals surface area contributed by atoms with Gasteiger partial charge in [-0.05, 0) is 43.3 Å². The van der Waals surface area contributed by atoms with Crippen molar-refractivity contribution in [3.8, 4) is 28.9 Å². The molecule has 0 unspecified atom stereocenters. The van der Waals surface area contributed by atoms with Gasteiger partial charge in [0.1, 0.15) is 11.5 Å². The van der Waals surface area contributed by atoms with E-state index in [1.807, 2.05) is 49.4 Å². The van der Waals surface area contributed by atoms with Gasteiger partial charge in [0.25, 0.3) is 5.91 Å².